The second-order valence-corrected chi connectivity index (χ2v) is 20.3. The molecule has 0 aliphatic carbocycles. The lowest BCUT2D eigenvalue weighted by Gasteiger charge is -2.20. The largest absolute Gasteiger partial charge is 0.465 e. The molecule has 3 N–H and O–H groups in total. The number of allylic oxidation sites excluding steroid dienone is 6. The van der Waals surface area contributed by atoms with Gasteiger partial charge in [0.2, 0.25) is 5.91 Å². The molecule has 6 heteroatoms. The van der Waals surface area contributed by atoms with Crippen LogP contribution >= 0.6 is 0 Å². The summed E-state index contributed by atoms with van der Waals surface area (Å²) in [5, 5.41) is 23.1. The van der Waals surface area contributed by atoms with Gasteiger partial charge in [0, 0.05) is 12.8 Å². The first-order chi connectivity index (χ1) is 33.5. The van der Waals surface area contributed by atoms with E-state index in [0.717, 1.165) is 51.4 Å². The van der Waals surface area contributed by atoms with E-state index in [1.165, 1.54) is 231 Å². The van der Waals surface area contributed by atoms with Crippen LogP contribution in [0.25, 0.3) is 0 Å². The molecule has 0 aliphatic heterocycles. The summed E-state index contributed by atoms with van der Waals surface area (Å²) < 4.78 is 5.41. The Balaban J connectivity index is 3.49. The van der Waals surface area contributed by atoms with Crippen LogP contribution in [0.15, 0.2) is 48.6 Å². The molecule has 0 radical (unpaired) electrons. The lowest BCUT2D eigenvalue weighted by atomic mass is 10.0. The normalized spacial score (nSPS) is 12.9. The van der Waals surface area contributed by atoms with Gasteiger partial charge in [-0.3, -0.25) is 9.59 Å². The van der Waals surface area contributed by atoms with E-state index in [9.17, 15) is 19.8 Å². The summed E-state index contributed by atoms with van der Waals surface area (Å²) in [4.78, 5) is 24.5. The molecule has 398 valence electrons. The molecule has 2 unspecified atom stereocenters. The highest BCUT2D eigenvalue weighted by molar-refractivity contribution is 5.76. The molecule has 0 rings (SSSR count). The summed E-state index contributed by atoms with van der Waals surface area (Å²) in [7, 11) is 0. The van der Waals surface area contributed by atoms with Gasteiger partial charge >= 0.3 is 5.97 Å². The summed E-state index contributed by atoms with van der Waals surface area (Å²) in [6.45, 7) is 4.79. The summed E-state index contributed by atoms with van der Waals surface area (Å²) in [5.41, 5.74) is 0. The maximum Gasteiger partial charge on any atom is 0.305 e. The molecule has 2 atom stereocenters. The maximum atomic E-state index is 12.5. The molecule has 0 saturated carbocycles. The lowest BCUT2D eigenvalue weighted by Crippen LogP contribution is -2.45. The van der Waals surface area contributed by atoms with E-state index in [1.54, 1.807) is 6.08 Å². The highest BCUT2D eigenvalue weighted by Gasteiger charge is 2.18. The van der Waals surface area contributed by atoms with Crippen LogP contribution in [0.3, 0.4) is 0 Å². The minimum absolute atomic E-state index is 0.0448. The van der Waals surface area contributed by atoms with Crippen molar-refractivity contribution < 1.29 is 24.5 Å². The Bertz CT molecular complexity index is 1150. The molecular formula is C62H115NO5. The molecule has 0 saturated heterocycles. The number of unbranched alkanes of at least 4 members (excludes halogenated alkanes) is 38. The number of carbonyl (C=O) groups excluding carboxylic acids is 2. The number of rotatable bonds is 55. The number of carbonyl (C=O) groups is 2. The van der Waals surface area contributed by atoms with Gasteiger partial charge in [0.25, 0.3) is 0 Å². The van der Waals surface area contributed by atoms with Gasteiger partial charge in [0.15, 0.2) is 0 Å². The van der Waals surface area contributed by atoms with E-state index >= 15 is 0 Å². The molecule has 0 heterocycles. The van der Waals surface area contributed by atoms with Crippen molar-refractivity contribution in [3.05, 3.63) is 48.6 Å². The van der Waals surface area contributed by atoms with Crippen molar-refractivity contribution in [2.45, 2.75) is 321 Å². The monoisotopic (exact) mass is 954 g/mol. The number of aliphatic hydroxyl groups excluding tert-OH is 2. The van der Waals surface area contributed by atoms with Crippen molar-refractivity contribution in [3.63, 3.8) is 0 Å². The minimum atomic E-state index is -0.849. The first-order valence-electron chi connectivity index (χ1n) is 29.9. The van der Waals surface area contributed by atoms with Crippen molar-refractivity contribution in [1.29, 1.82) is 0 Å². The van der Waals surface area contributed by atoms with Crippen LogP contribution in [0.4, 0.5) is 0 Å². The molecule has 68 heavy (non-hydrogen) atoms. The van der Waals surface area contributed by atoms with E-state index in [-0.39, 0.29) is 18.5 Å². The van der Waals surface area contributed by atoms with E-state index in [1.807, 2.05) is 6.08 Å². The Morgan fingerprint density at radius 3 is 1.13 bits per heavy atom. The molecule has 0 spiro atoms. The van der Waals surface area contributed by atoms with Crippen LogP contribution in [0.5, 0.6) is 0 Å². The molecule has 0 aromatic heterocycles. The number of ether oxygens (including phenoxy) is 1. The molecule has 0 aromatic rings. The molecular weight excluding hydrogens is 839 g/mol. The van der Waals surface area contributed by atoms with Crippen LogP contribution in [0, 0.1) is 0 Å². The van der Waals surface area contributed by atoms with Crippen LogP contribution in [0.1, 0.15) is 309 Å². The van der Waals surface area contributed by atoms with Crippen molar-refractivity contribution in [2.24, 2.45) is 0 Å². The lowest BCUT2D eigenvalue weighted by molar-refractivity contribution is -0.143. The maximum absolute atomic E-state index is 12.5. The van der Waals surface area contributed by atoms with Gasteiger partial charge in [0.05, 0.1) is 25.4 Å². The smallest absolute Gasteiger partial charge is 0.305 e. The zero-order valence-corrected chi connectivity index (χ0v) is 45.3. The zero-order chi connectivity index (χ0) is 49.3. The molecule has 0 aromatic carbocycles. The predicted molar refractivity (Wildman–Crippen MR) is 296 cm³/mol. The van der Waals surface area contributed by atoms with Gasteiger partial charge < -0.3 is 20.3 Å². The summed E-state index contributed by atoms with van der Waals surface area (Å²) >= 11 is 0. The summed E-state index contributed by atoms with van der Waals surface area (Å²) in [5.74, 6) is -0.117. The number of esters is 1. The fourth-order valence-electron chi connectivity index (χ4n) is 9.00. The Labute approximate surface area is 423 Å². The number of amides is 1. The highest BCUT2D eigenvalue weighted by atomic mass is 16.5. The zero-order valence-electron chi connectivity index (χ0n) is 45.3. The van der Waals surface area contributed by atoms with Gasteiger partial charge in [-0.1, -0.05) is 268 Å². The molecule has 0 fully saturated rings. The van der Waals surface area contributed by atoms with Gasteiger partial charge in [-0.05, 0) is 77.0 Å². The Morgan fingerprint density at radius 1 is 0.412 bits per heavy atom. The van der Waals surface area contributed by atoms with Crippen LogP contribution in [0.2, 0.25) is 0 Å². The first kappa shape index (κ1) is 65.8. The number of hydrogen-bond donors (Lipinski definition) is 3. The van der Waals surface area contributed by atoms with Gasteiger partial charge in [-0.25, -0.2) is 0 Å². The van der Waals surface area contributed by atoms with Crippen LogP contribution < -0.4 is 5.32 Å². The van der Waals surface area contributed by atoms with Crippen LogP contribution in [-0.2, 0) is 14.3 Å². The van der Waals surface area contributed by atoms with Crippen molar-refractivity contribution in [2.75, 3.05) is 13.2 Å². The summed E-state index contributed by atoms with van der Waals surface area (Å²) in [6.07, 6.45) is 73.0. The van der Waals surface area contributed by atoms with Crippen molar-refractivity contribution in [1.82, 2.24) is 5.32 Å². The molecule has 6 nitrogen and oxygen atoms in total. The Morgan fingerprint density at radius 2 is 0.735 bits per heavy atom. The third kappa shape index (κ3) is 53.2. The second-order valence-electron chi connectivity index (χ2n) is 20.3. The summed E-state index contributed by atoms with van der Waals surface area (Å²) in [6, 6.07) is -0.632. The topological polar surface area (TPSA) is 95.9 Å². The first-order valence-corrected chi connectivity index (χ1v) is 29.9. The molecule has 0 aliphatic rings. The van der Waals surface area contributed by atoms with E-state index < -0.39 is 12.1 Å². The van der Waals surface area contributed by atoms with E-state index in [0.29, 0.717) is 19.4 Å². The third-order valence-corrected chi connectivity index (χ3v) is 13.6. The van der Waals surface area contributed by atoms with Gasteiger partial charge in [-0.15, -0.1) is 0 Å². The van der Waals surface area contributed by atoms with E-state index in [2.05, 4.69) is 55.6 Å². The number of nitrogens with one attached hydrogen (secondary N) is 1. The predicted octanol–water partition coefficient (Wildman–Crippen LogP) is 18.6. The SMILES string of the molecule is CCCCCCC/C=C\CCCCCCCC(=O)OCC/C=C\C/C=C\CCCCCCCCCCCCCCCCC(=O)NC(CO)C(O)/C=C/CCCCCCCCCCCCCCCC. The fraction of sp³-hybridized carbons (Fsp3) is 0.839. The third-order valence-electron chi connectivity index (χ3n) is 13.6. The fourth-order valence-corrected chi connectivity index (χ4v) is 9.00. The number of aliphatic hydroxyl groups is 2. The Hall–Kier alpha value is -2.18. The minimum Gasteiger partial charge on any atom is -0.465 e. The van der Waals surface area contributed by atoms with Crippen molar-refractivity contribution >= 4 is 11.9 Å². The van der Waals surface area contributed by atoms with Crippen molar-refractivity contribution in [3.8, 4) is 0 Å². The van der Waals surface area contributed by atoms with Gasteiger partial charge in [-0.2, -0.15) is 0 Å². The molecule has 0 bridgehead atoms. The quantitative estimate of drug-likeness (QED) is 0.0321. The number of hydrogen-bond acceptors (Lipinski definition) is 5. The van der Waals surface area contributed by atoms with Gasteiger partial charge in [0.1, 0.15) is 0 Å². The molecule has 1 amide bonds. The Kier molecular flexibility index (Phi) is 55.6. The standard InChI is InChI=1S/C62H115NO5/c1-3-5-7-9-11-13-15-17-19-27-30-34-38-42-46-50-54-60(65)59(58-64)63-61(66)55-51-47-43-39-35-31-28-25-23-21-20-22-24-26-29-33-37-41-45-49-53-57-68-62(67)56-52-48-44-40-36-32-18-16-14-12-10-8-6-4-2/h16,18,33,37,45,49-50,54,59-60,64-65H,3-15,17,19-32,34-36,38-44,46-48,51-53,55-58H2,1-2H3,(H,63,66)/b18-16-,37-33-,49-45-,54-50+. The van der Waals surface area contributed by atoms with Crippen LogP contribution in [-0.4, -0.2) is 47.4 Å². The average Bonchev–Trinajstić information content (AvgIpc) is 3.34. The highest BCUT2D eigenvalue weighted by Crippen LogP contribution is 2.16. The average molecular weight is 955 g/mol. The second kappa shape index (κ2) is 57.4. The van der Waals surface area contributed by atoms with E-state index in [4.69, 9.17) is 4.74 Å².